The second kappa shape index (κ2) is 11.8. The van der Waals surface area contributed by atoms with Gasteiger partial charge in [-0.25, -0.2) is 4.39 Å². The van der Waals surface area contributed by atoms with Crippen LogP contribution in [-0.2, 0) is 22.4 Å². The Morgan fingerprint density at radius 3 is 2.56 bits per heavy atom. The van der Waals surface area contributed by atoms with Gasteiger partial charge in [0.2, 0.25) is 0 Å². The molecule has 176 valence electrons. The molecule has 5 heteroatoms. The second-order valence-corrected chi connectivity index (χ2v) is 9.51. The summed E-state index contributed by atoms with van der Waals surface area (Å²) >= 11 is 0. The van der Waals surface area contributed by atoms with Crippen molar-refractivity contribution >= 4 is 5.97 Å². The van der Waals surface area contributed by atoms with E-state index in [9.17, 15) is 19.4 Å². The molecule has 0 spiro atoms. The first-order valence-electron chi connectivity index (χ1n) is 11.9. The summed E-state index contributed by atoms with van der Waals surface area (Å²) in [6.45, 7) is 3.67. The van der Waals surface area contributed by atoms with Crippen LogP contribution in [0.4, 0.5) is 4.39 Å². The van der Waals surface area contributed by atoms with Gasteiger partial charge in [-0.1, -0.05) is 48.6 Å². The van der Waals surface area contributed by atoms with E-state index in [0.717, 1.165) is 19.3 Å². The van der Waals surface area contributed by atoms with Crippen LogP contribution in [0.1, 0.15) is 57.1 Å². The number of esters is 1. The lowest BCUT2D eigenvalue weighted by molar-refractivity contribution is -0.147. The van der Waals surface area contributed by atoms with Crippen LogP contribution in [-0.4, -0.2) is 40.7 Å². The molecule has 0 aliphatic heterocycles. The summed E-state index contributed by atoms with van der Waals surface area (Å²) in [6, 6.07) is 8.25. The molecular weight excluding hydrogens is 407 g/mol. The number of allylic oxidation sites excluding steroid dienone is 3. The van der Waals surface area contributed by atoms with Crippen LogP contribution in [0.3, 0.4) is 0 Å². The summed E-state index contributed by atoms with van der Waals surface area (Å²) in [4.78, 5) is 11.6. The van der Waals surface area contributed by atoms with E-state index < -0.39 is 24.3 Å². The number of benzene rings is 1. The van der Waals surface area contributed by atoms with Crippen LogP contribution >= 0.6 is 0 Å². The maximum Gasteiger partial charge on any atom is 0.306 e. The van der Waals surface area contributed by atoms with Gasteiger partial charge in [-0.05, 0) is 68.9 Å². The highest BCUT2D eigenvalue weighted by Crippen LogP contribution is 2.38. The highest BCUT2D eigenvalue weighted by Gasteiger charge is 2.40. The molecule has 0 aromatic heterocycles. The molecule has 1 aromatic rings. The molecule has 0 bridgehead atoms. The van der Waals surface area contributed by atoms with Crippen molar-refractivity contribution in [1.82, 2.24) is 0 Å². The van der Waals surface area contributed by atoms with E-state index >= 15 is 0 Å². The predicted octanol–water partition coefficient (Wildman–Crippen LogP) is 4.72. The second-order valence-electron chi connectivity index (χ2n) is 9.51. The highest BCUT2D eigenvalue weighted by atomic mass is 19.1. The first-order valence-corrected chi connectivity index (χ1v) is 11.9. The first kappa shape index (κ1) is 24.7. The van der Waals surface area contributed by atoms with Gasteiger partial charge in [0.1, 0.15) is 6.17 Å². The van der Waals surface area contributed by atoms with Gasteiger partial charge < -0.3 is 14.9 Å². The van der Waals surface area contributed by atoms with E-state index in [2.05, 4.69) is 12.1 Å². The molecule has 5 atom stereocenters. The minimum atomic E-state index is -1.10. The molecule has 4 nitrogen and oxygen atoms in total. The number of fused-ring (bicyclic) bond motifs is 1. The fourth-order valence-electron chi connectivity index (χ4n) is 4.96. The number of carbonyl (C=O) groups is 1. The molecule has 2 aliphatic carbocycles. The van der Waals surface area contributed by atoms with Gasteiger partial charge in [-0.15, -0.1) is 0 Å². The summed E-state index contributed by atoms with van der Waals surface area (Å²) in [5.74, 6) is -0.659. The topological polar surface area (TPSA) is 66.8 Å². The largest absolute Gasteiger partial charge is 0.463 e. The lowest BCUT2D eigenvalue weighted by Crippen LogP contribution is -2.21. The van der Waals surface area contributed by atoms with Crippen molar-refractivity contribution in [3.63, 3.8) is 0 Å². The van der Waals surface area contributed by atoms with Crippen LogP contribution in [0.5, 0.6) is 0 Å². The molecule has 32 heavy (non-hydrogen) atoms. The summed E-state index contributed by atoms with van der Waals surface area (Å²) < 4.78 is 19.7. The van der Waals surface area contributed by atoms with E-state index in [0.29, 0.717) is 19.3 Å². The monoisotopic (exact) mass is 444 g/mol. The lowest BCUT2D eigenvalue weighted by Gasteiger charge is -2.20. The summed E-state index contributed by atoms with van der Waals surface area (Å²) in [5, 5.41) is 21.0. The molecule has 0 heterocycles. The normalized spacial score (nSPS) is 26.9. The van der Waals surface area contributed by atoms with Crippen LogP contribution in [0, 0.1) is 17.8 Å². The Kier molecular flexibility index (Phi) is 9.06. The van der Waals surface area contributed by atoms with E-state index in [1.54, 1.807) is 12.2 Å². The average molecular weight is 445 g/mol. The number of hydrogen-bond acceptors (Lipinski definition) is 4. The Bertz CT molecular complexity index is 778. The standard InChI is InChI=1S/C27H37FO4/c1-18(2)32-27(31)12-6-4-3-5-11-23-22(24(28)17-26(23)30)13-14-25(29)21-15-19-9-7-8-10-20(19)16-21/h3,5,7-10,13-14,18,21-26,29-30H,4,6,11-12,15-17H2,1-2H3/b5-3-,14-13+/t22-,23-,24+,25+,26-/m1/s1. The number of alkyl halides is 1. The van der Waals surface area contributed by atoms with Crippen molar-refractivity contribution in [2.24, 2.45) is 17.8 Å². The molecule has 2 aliphatic rings. The molecule has 0 amide bonds. The van der Waals surface area contributed by atoms with Crippen molar-refractivity contribution in [3.05, 3.63) is 59.7 Å². The lowest BCUT2D eigenvalue weighted by atomic mass is 9.89. The molecule has 3 rings (SSSR count). The third-order valence-corrected chi connectivity index (χ3v) is 6.66. The Morgan fingerprint density at radius 1 is 1.22 bits per heavy atom. The zero-order valence-corrected chi connectivity index (χ0v) is 19.2. The van der Waals surface area contributed by atoms with E-state index in [1.165, 1.54) is 11.1 Å². The third-order valence-electron chi connectivity index (χ3n) is 6.66. The number of aliphatic hydroxyl groups is 2. The van der Waals surface area contributed by atoms with Crippen molar-refractivity contribution < 1.29 is 24.1 Å². The van der Waals surface area contributed by atoms with Crippen LogP contribution in [0.15, 0.2) is 48.6 Å². The minimum absolute atomic E-state index is 0.0944. The number of halogens is 1. The molecule has 0 saturated heterocycles. The predicted molar refractivity (Wildman–Crippen MR) is 124 cm³/mol. The molecule has 0 radical (unpaired) electrons. The number of aliphatic hydroxyl groups excluding tert-OH is 2. The minimum Gasteiger partial charge on any atom is -0.463 e. The van der Waals surface area contributed by atoms with Gasteiger partial charge >= 0.3 is 5.97 Å². The first-order chi connectivity index (χ1) is 15.3. The fourth-order valence-corrected chi connectivity index (χ4v) is 4.96. The zero-order valence-electron chi connectivity index (χ0n) is 19.2. The Hall–Kier alpha value is -1.98. The number of unbranched alkanes of at least 4 members (excludes halogenated alkanes) is 1. The van der Waals surface area contributed by atoms with Crippen molar-refractivity contribution in [3.8, 4) is 0 Å². The van der Waals surface area contributed by atoms with E-state index in [-0.39, 0.29) is 30.3 Å². The number of hydrogen-bond donors (Lipinski definition) is 2. The van der Waals surface area contributed by atoms with Gasteiger partial charge in [-0.3, -0.25) is 4.79 Å². The maximum atomic E-state index is 14.6. The number of rotatable bonds is 10. The van der Waals surface area contributed by atoms with Gasteiger partial charge in [0, 0.05) is 18.8 Å². The molecule has 1 aromatic carbocycles. The van der Waals surface area contributed by atoms with Gasteiger partial charge in [0.15, 0.2) is 0 Å². The quantitative estimate of drug-likeness (QED) is 0.311. The summed E-state index contributed by atoms with van der Waals surface area (Å²) in [6.07, 6.45) is 9.24. The number of ether oxygens (including phenoxy) is 1. The summed E-state index contributed by atoms with van der Waals surface area (Å²) in [5.41, 5.74) is 2.56. The van der Waals surface area contributed by atoms with Gasteiger partial charge in [0.05, 0.1) is 18.3 Å². The Morgan fingerprint density at radius 2 is 1.91 bits per heavy atom. The van der Waals surface area contributed by atoms with Crippen molar-refractivity contribution in [1.29, 1.82) is 0 Å². The molecule has 1 fully saturated rings. The average Bonchev–Trinajstić information content (AvgIpc) is 3.29. The van der Waals surface area contributed by atoms with E-state index in [1.807, 2.05) is 38.1 Å². The Balaban J connectivity index is 1.47. The van der Waals surface area contributed by atoms with Crippen LogP contribution in [0.2, 0.25) is 0 Å². The van der Waals surface area contributed by atoms with Crippen LogP contribution < -0.4 is 0 Å². The van der Waals surface area contributed by atoms with Crippen molar-refractivity contribution in [2.45, 2.75) is 83.3 Å². The number of carbonyl (C=O) groups excluding carboxylic acids is 1. The third kappa shape index (κ3) is 6.76. The molecule has 1 saturated carbocycles. The van der Waals surface area contributed by atoms with Crippen LogP contribution in [0.25, 0.3) is 0 Å². The van der Waals surface area contributed by atoms with Gasteiger partial charge in [0.25, 0.3) is 0 Å². The van der Waals surface area contributed by atoms with Crippen molar-refractivity contribution in [2.75, 3.05) is 0 Å². The van der Waals surface area contributed by atoms with E-state index in [4.69, 9.17) is 4.74 Å². The zero-order chi connectivity index (χ0) is 23.1. The Labute approximate surface area is 191 Å². The molecular formula is C27H37FO4. The molecule has 0 unspecified atom stereocenters. The fraction of sp³-hybridized carbons (Fsp3) is 0.593. The highest BCUT2D eigenvalue weighted by molar-refractivity contribution is 5.69. The van der Waals surface area contributed by atoms with Gasteiger partial charge in [-0.2, -0.15) is 0 Å². The smallest absolute Gasteiger partial charge is 0.306 e. The summed E-state index contributed by atoms with van der Waals surface area (Å²) in [7, 11) is 0. The SMILES string of the molecule is CC(C)OC(=O)CCC/C=C\C[C@@H]1[C@@H](/C=C/[C@H](O)C2Cc3ccccc3C2)[C@@H](F)C[C@H]1O. The molecule has 2 N–H and O–H groups in total. The maximum absolute atomic E-state index is 14.6.